The molecule has 0 aromatic heterocycles. The number of nitrogens with one attached hydrogen (secondary N) is 1. The number of carboxylic acid groups (broad SMARTS) is 1. The number of carboxylic acids is 1. The number of aliphatic carboxylic acids is 1. The molecule has 0 bridgehead atoms. The zero-order valence-corrected chi connectivity index (χ0v) is 37.0. The Kier molecular flexibility index (Phi) is 39.3. The quantitative estimate of drug-likeness (QED) is 0.0201. The highest BCUT2D eigenvalue weighted by Crippen LogP contribution is 2.43. The van der Waals surface area contributed by atoms with Crippen LogP contribution in [0.25, 0.3) is 0 Å². The lowest BCUT2D eigenvalue weighted by molar-refractivity contribution is -0.147. The van der Waals surface area contributed by atoms with E-state index in [2.05, 4.69) is 43.5 Å². The summed E-state index contributed by atoms with van der Waals surface area (Å²) in [4.78, 5) is 45.9. The predicted octanol–water partition coefficient (Wildman–Crippen LogP) is 11.8. The molecule has 1 amide bonds. The van der Waals surface area contributed by atoms with Gasteiger partial charge in [0.2, 0.25) is 5.91 Å². The molecule has 0 fully saturated rings. The van der Waals surface area contributed by atoms with Gasteiger partial charge in [-0.15, -0.1) is 0 Å². The standard InChI is InChI=1S/C45H84NO10P/c1-3-5-7-9-11-13-15-16-17-18-19-20-21-22-23-24-25-26-27-28-30-32-34-36-43(48)46-42(45(50)51)40-56-57(52,53)55-39-41(47)38-54-44(49)37-35-33-31-29-14-12-10-8-6-4-2/h8,10,16-17,41-42,47H,3-7,9,11-15,18-40H2,1-2H3,(H,46,48)(H,50,51)(H,52,53)/b10-8-,17-16+. The normalized spacial score (nSPS) is 13.9. The number of esters is 1. The second-order valence-electron chi connectivity index (χ2n) is 15.6. The first-order valence-corrected chi connectivity index (χ1v) is 24.4. The van der Waals surface area contributed by atoms with E-state index >= 15 is 0 Å². The lowest BCUT2D eigenvalue weighted by Gasteiger charge is -2.18. The molecule has 0 saturated carbocycles. The third-order valence-corrected chi connectivity index (χ3v) is 10.9. The molecule has 0 rings (SSSR count). The molecule has 0 heterocycles. The van der Waals surface area contributed by atoms with Crippen molar-refractivity contribution in [2.75, 3.05) is 19.8 Å². The van der Waals surface area contributed by atoms with E-state index < -0.39 is 57.6 Å². The van der Waals surface area contributed by atoms with Gasteiger partial charge < -0.3 is 25.2 Å². The van der Waals surface area contributed by atoms with Gasteiger partial charge in [-0.2, -0.15) is 0 Å². The van der Waals surface area contributed by atoms with Crippen LogP contribution in [0.2, 0.25) is 0 Å². The van der Waals surface area contributed by atoms with Crippen LogP contribution in [0.1, 0.15) is 213 Å². The van der Waals surface area contributed by atoms with Crippen LogP contribution in [0.5, 0.6) is 0 Å². The molecule has 334 valence electrons. The van der Waals surface area contributed by atoms with Gasteiger partial charge in [-0.1, -0.05) is 167 Å². The van der Waals surface area contributed by atoms with Crippen LogP contribution in [-0.4, -0.2) is 64.9 Å². The summed E-state index contributed by atoms with van der Waals surface area (Å²) in [5.74, 6) is -2.38. The number of hydrogen-bond donors (Lipinski definition) is 4. The Morgan fingerprint density at radius 3 is 1.40 bits per heavy atom. The van der Waals surface area contributed by atoms with Crippen molar-refractivity contribution in [3.63, 3.8) is 0 Å². The average molecular weight is 830 g/mol. The molecular weight excluding hydrogens is 745 g/mol. The van der Waals surface area contributed by atoms with Crippen molar-refractivity contribution in [1.29, 1.82) is 0 Å². The summed E-state index contributed by atoms with van der Waals surface area (Å²) in [6.45, 7) is 2.52. The van der Waals surface area contributed by atoms with Gasteiger partial charge in [-0.05, 0) is 57.8 Å². The fourth-order valence-corrected chi connectivity index (χ4v) is 7.14. The Labute approximate surface area is 347 Å². The molecule has 0 radical (unpaired) electrons. The lowest BCUT2D eigenvalue weighted by atomic mass is 10.0. The minimum Gasteiger partial charge on any atom is -0.480 e. The SMILES string of the molecule is CCC/C=C\CCCCCCCC(=O)OCC(O)COP(=O)(O)OCC(NC(=O)CCCCCCCCCCCCCCC/C=C/CCCCCCCC)C(=O)O. The number of amides is 1. The summed E-state index contributed by atoms with van der Waals surface area (Å²) in [6, 6.07) is -1.54. The van der Waals surface area contributed by atoms with Gasteiger partial charge in [0.1, 0.15) is 12.7 Å². The highest BCUT2D eigenvalue weighted by atomic mass is 31.2. The van der Waals surface area contributed by atoms with E-state index in [1.165, 1.54) is 109 Å². The third kappa shape index (κ3) is 40.5. The molecule has 0 aliphatic heterocycles. The van der Waals surface area contributed by atoms with Crippen molar-refractivity contribution in [3.05, 3.63) is 24.3 Å². The van der Waals surface area contributed by atoms with Crippen LogP contribution >= 0.6 is 7.82 Å². The van der Waals surface area contributed by atoms with E-state index in [0.29, 0.717) is 12.8 Å². The first-order chi connectivity index (χ1) is 27.6. The van der Waals surface area contributed by atoms with E-state index in [9.17, 15) is 34.1 Å². The van der Waals surface area contributed by atoms with Crippen LogP contribution in [0.15, 0.2) is 24.3 Å². The molecule has 0 spiro atoms. The second-order valence-corrected chi connectivity index (χ2v) is 17.0. The molecule has 3 atom stereocenters. The fraction of sp³-hybridized carbons (Fsp3) is 0.844. The van der Waals surface area contributed by atoms with Gasteiger partial charge in [-0.25, -0.2) is 9.36 Å². The number of aliphatic hydroxyl groups is 1. The first kappa shape index (κ1) is 55.0. The highest BCUT2D eigenvalue weighted by molar-refractivity contribution is 7.47. The summed E-state index contributed by atoms with van der Waals surface area (Å²) in [5.41, 5.74) is 0. The number of allylic oxidation sites excluding steroid dienone is 4. The van der Waals surface area contributed by atoms with Crippen molar-refractivity contribution in [3.8, 4) is 0 Å². The van der Waals surface area contributed by atoms with Gasteiger partial charge in [0.05, 0.1) is 13.2 Å². The van der Waals surface area contributed by atoms with Gasteiger partial charge in [-0.3, -0.25) is 18.6 Å². The minimum atomic E-state index is -4.75. The Morgan fingerprint density at radius 1 is 0.544 bits per heavy atom. The smallest absolute Gasteiger partial charge is 0.472 e. The summed E-state index contributed by atoms with van der Waals surface area (Å²) in [5, 5.41) is 21.8. The largest absolute Gasteiger partial charge is 0.480 e. The van der Waals surface area contributed by atoms with Crippen LogP contribution in [0, 0.1) is 0 Å². The molecular formula is C45H84NO10P. The van der Waals surface area contributed by atoms with Crippen molar-refractivity contribution >= 4 is 25.7 Å². The molecule has 4 N–H and O–H groups in total. The van der Waals surface area contributed by atoms with Gasteiger partial charge in [0.15, 0.2) is 6.04 Å². The number of ether oxygens (including phenoxy) is 1. The van der Waals surface area contributed by atoms with Crippen molar-refractivity contribution < 1.29 is 47.8 Å². The molecule has 0 saturated heterocycles. The van der Waals surface area contributed by atoms with Gasteiger partial charge in [0.25, 0.3) is 0 Å². The van der Waals surface area contributed by atoms with Crippen LogP contribution in [0.4, 0.5) is 0 Å². The predicted molar refractivity (Wildman–Crippen MR) is 231 cm³/mol. The molecule has 57 heavy (non-hydrogen) atoms. The average Bonchev–Trinajstić information content (AvgIpc) is 3.18. The molecule has 12 heteroatoms. The lowest BCUT2D eigenvalue weighted by Crippen LogP contribution is -2.43. The maximum atomic E-state index is 12.3. The number of carbonyl (C=O) groups is 3. The van der Waals surface area contributed by atoms with E-state index in [1.54, 1.807) is 0 Å². The summed E-state index contributed by atoms with van der Waals surface area (Å²) >= 11 is 0. The maximum Gasteiger partial charge on any atom is 0.472 e. The number of aliphatic hydroxyl groups excluding tert-OH is 1. The Balaban J connectivity index is 3.82. The Morgan fingerprint density at radius 2 is 0.947 bits per heavy atom. The third-order valence-electron chi connectivity index (χ3n) is 9.94. The second kappa shape index (κ2) is 40.7. The number of unbranched alkanes of at least 4 members (excludes halogenated alkanes) is 25. The van der Waals surface area contributed by atoms with E-state index in [1.807, 2.05) is 0 Å². The molecule has 11 nitrogen and oxygen atoms in total. The Hall–Kier alpha value is -2.04. The van der Waals surface area contributed by atoms with Crippen molar-refractivity contribution in [2.24, 2.45) is 0 Å². The van der Waals surface area contributed by atoms with Crippen LogP contribution < -0.4 is 5.32 Å². The zero-order valence-electron chi connectivity index (χ0n) is 36.2. The molecule has 0 aliphatic rings. The molecule has 0 aromatic carbocycles. The maximum absolute atomic E-state index is 12.3. The molecule has 0 aliphatic carbocycles. The number of phosphoric ester groups is 1. The monoisotopic (exact) mass is 830 g/mol. The fourth-order valence-electron chi connectivity index (χ4n) is 6.37. The number of rotatable bonds is 43. The minimum absolute atomic E-state index is 0.147. The van der Waals surface area contributed by atoms with Crippen molar-refractivity contribution in [2.45, 2.75) is 225 Å². The van der Waals surface area contributed by atoms with Gasteiger partial charge >= 0.3 is 19.8 Å². The summed E-state index contributed by atoms with van der Waals surface area (Å²) in [7, 11) is -4.75. The topological polar surface area (TPSA) is 169 Å². The number of phosphoric acid groups is 1. The van der Waals surface area contributed by atoms with Crippen molar-refractivity contribution in [1.82, 2.24) is 5.32 Å². The van der Waals surface area contributed by atoms with Crippen LogP contribution in [0.3, 0.4) is 0 Å². The van der Waals surface area contributed by atoms with E-state index in [4.69, 9.17) is 13.8 Å². The molecule has 3 unspecified atom stereocenters. The molecule has 0 aromatic rings. The Bertz CT molecular complexity index is 1070. The van der Waals surface area contributed by atoms with Gasteiger partial charge in [0, 0.05) is 12.8 Å². The summed E-state index contributed by atoms with van der Waals surface area (Å²) < 4.78 is 26.8. The van der Waals surface area contributed by atoms with Crippen LogP contribution in [-0.2, 0) is 32.7 Å². The van der Waals surface area contributed by atoms with E-state index in [0.717, 1.165) is 64.2 Å². The summed E-state index contributed by atoms with van der Waals surface area (Å²) in [6.07, 6.45) is 42.2. The first-order valence-electron chi connectivity index (χ1n) is 22.9. The van der Waals surface area contributed by atoms with E-state index in [-0.39, 0.29) is 12.8 Å². The zero-order chi connectivity index (χ0) is 42.1. The number of hydrogen-bond acceptors (Lipinski definition) is 8. The number of carbonyl (C=O) groups excluding carboxylic acids is 2. The highest BCUT2D eigenvalue weighted by Gasteiger charge is 2.28.